The first-order valence-electron chi connectivity index (χ1n) is 10.9. The van der Waals surface area contributed by atoms with E-state index in [4.69, 9.17) is 0 Å². The van der Waals surface area contributed by atoms with Crippen LogP contribution in [0.5, 0.6) is 0 Å². The molecular formula is C25H27FN4O2. The van der Waals surface area contributed by atoms with Gasteiger partial charge in [-0.05, 0) is 61.2 Å². The van der Waals surface area contributed by atoms with Crippen LogP contribution in [-0.2, 0) is 13.0 Å². The van der Waals surface area contributed by atoms with Crippen molar-refractivity contribution >= 4 is 17.6 Å². The number of aromatic nitrogens is 1. The van der Waals surface area contributed by atoms with Crippen LogP contribution in [0.4, 0.5) is 14.9 Å². The minimum Gasteiger partial charge on any atom is -0.343 e. The third-order valence-corrected chi connectivity index (χ3v) is 5.75. The van der Waals surface area contributed by atoms with Crippen molar-refractivity contribution < 1.29 is 14.0 Å². The van der Waals surface area contributed by atoms with E-state index in [2.05, 4.69) is 22.8 Å². The maximum absolute atomic E-state index is 13.1. The highest BCUT2D eigenvalue weighted by Crippen LogP contribution is 2.16. The maximum Gasteiger partial charge on any atom is 0.319 e. The van der Waals surface area contributed by atoms with Gasteiger partial charge in [0.1, 0.15) is 11.5 Å². The van der Waals surface area contributed by atoms with Crippen molar-refractivity contribution in [3.63, 3.8) is 0 Å². The van der Waals surface area contributed by atoms with Crippen LogP contribution in [0.25, 0.3) is 0 Å². The summed E-state index contributed by atoms with van der Waals surface area (Å²) in [7, 11) is 0. The Morgan fingerprint density at radius 1 is 0.938 bits per heavy atom. The molecule has 0 unspecified atom stereocenters. The lowest BCUT2D eigenvalue weighted by Crippen LogP contribution is -2.47. The molecule has 1 aliphatic heterocycles. The molecule has 2 aromatic carbocycles. The second-order valence-corrected chi connectivity index (χ2v) is 7.99. The summed E-state index contributed by atoms with van der Waals surface area (Å²) in [6.07, 6.45) is 4.19. The molecule has 6 nitrogen and oxygen atoms in total. The molecule has 2 N–H and O–H groups in total. The number of hydrogen-bond donors (Lipinski definition) is 2. The number of halogens is 1. The molecule has 1 aliphatic rings. The Balaban J connectivity index is 1.26. The third-order valence-electron chi connectivity index (χ3n) is 5.75. The van der Waals surface area contributed by atoms with E-state index in [0.29, 0.717) is 37.3 Å². The summed E-state index contributed by atoms with van der Waals surface area (Å²) in [5, 5.41) is 5.65. The number of amides is 3. The number of nitrogens with zero attached hydrogens (tertiary/aromatic N) is 2. The van der Waals surface area contributed by atoms with Crippen LogP contribution in [0.3, 0.4) is 0 Å². The molecule has 0 saturated carbocycles. The van der Waals surface area contributed by atoms with Gasteiger partial charge in [-0.15, -0.1) is 0 Å². The van der Waals surface area contributed by atoms with Gasteiger partial charge in [0.25, 0.3) is 5.91 Å². The third kappa shape index (κ3) is 5.55. The lowest BCUT2D eigenvalue weighted by Gasteiger charge is -2.32. The Morgan fingerprint density at radius 2 is 1.66 bits per heavy atom. The standard InChI is InChI=1S/C25H27FN4O2/c26-20-8-10-21(11-9-20)27-25(32)28-22-13-17-30(18-14-22)24(31)23-7-4-15-29(23)16-12-19-5-2-1-3-6-19/h1-11,15,22H,12-14,16-18H2,(H2,27,28,32). The summed E-state index contributed by atoms with van der Waals surface area (Å²) in [6.45, 7) is 1.92. The SMILES string of the molecule is O=C(Nc1ccc(F)cc1)NC1CCN(C(=O)c2cccn2CCc2ccccc2)CC1. The fourth-order valence-electron chi connectivity index (χ4n) is 3.97. The van der Waals surface area contributed by atoms with Crippen molar-refractivity contribution in [2.45, 2.75) is 31.8 Å². The number of piperidine rings is 1. The number of likely N-dealkylation sites (tertiary alicyclic amines) is 1. The predicted molar refractivity (Wildman–Crippen MR) is 122 cm³/mol. The van der Waals surface area contributed by atoms with E-state index in [1.807, 2.05) is 46.0 Å². The zero-order chi connectivity index (χ0) is 22.3. The van der Waals surface area contributed by atoms with Gasteiger partial charge in [0.05, 0.1) is 0 Å². The van der Waals surface area contributed by atoms with Crippen molar-refractivity contribution in [1.29, 1.82) is 0 Å². The molecule has 0 aliphatic carbocycles. The van der Waals surface area contributed by atoms with Crippen LogP contribution in [0.2, 0.25) is 0 Å². The Kier molecular flexibility index (Phi) is 6.84. The van der Waals surface area contributed by atoms with Crippen LogP contribution in [0.15, 0.2) is 72.9 Å². The van der Waals surface area contributed by atoms with E-state index in [0.717, 1.165) is 13.0 Å². The molecule has 2 heterocycles. The molecule has 3 aromatic rings. The van der Waals surface area contributed by atoms with Crippen molar-refractivity contribution in [2.24, 2.45) is 0 Å². The van der Waals surface area contributed by atoms with Gasteiger partial charge in [-0.25, -0.2) is 9.18 Å². The first kappa shape index (κ1) is 21.6. The van der Waals surface area contributed by atoms with E-state index < -0.39 is 0 Å². The van der Waals surface area contributed by atoms with Gasteiger partial charge in [0, 0.05) is 37.6 Å². The Hall–Kier alpha value is -3.61. The molecule has 0 atom stereocenters. The minimum absolute atomic E-state index is 0.00985. The molecule has 3 amide bonds. The molecule has 1 fully saturated rings. The van der Waals surface area contributed by atoms with E-state index in [1.54, 1.807) is 0 Å². The summed E-state index contributed by atoms with van der Waals surface area (Å²) in [4.78, 5) is 27.1. The van der Waals surface area contributed by atoms with Gasteiger partial charge in [-0.3, -0.25) is 4.79 Å². The van der Waals surface area contributed by atoms with Gasteiger partial charge in [0.2, 0.25) is 0 Å². The molecule has 0 spiro atoms. The van der Waals surface area contributed by atoms with Crippen LogP contribution >= 0.6 is 0 Å². The van der Waals surface area contributed by atoms with E-state index in [1.165, 1.54) is 29.8 Å². The maximum atomic E-state index is 13.1. The molecule has 1 aromatic heterocycles. The van der Waals surface area contributed by atoms with E-state index >= 15 is 0 Å². The summed E-state index contributed by atoms with van der Waals surface area (Å²) in [5.41, 5.74) is 2.47. The average molecular weight is 435 g/mol. The Bertz CT molecular complexity index is 1040. The predicted octanol–water partition coefficient (Wildman–Crippen LogP) is 4.30. The number of urea groups is 1. The summed E-state index contributed by atoms with van der Waals surface area (Å²) < 4.78 is 15.0. The van der Waals surface area contributed by atoms with Crippen molar-refractivity contribution in [1.82, 2.24) is 14.8 Å². The lowest BCUT2D eigenvalue weighted by atomic mass is 10.0. The number of benzene rings is 2. The second kappa shape index (κ2) is 10.1. The number of aryl methyl sites for hydroxylation is 2. The van der Waals surface area contributed by atoms with Crippen LogP contribution in [0, 0.1) is 5.82 Å². The molecular weight excluding hydrogens is 407 g/mol. The van der Waals surface area contributed by atoms with Crippen molar-refractivity contribution in [2.75, 3.05) is 18.4 Å². The molecule has 1 saturated heterocycles. The fourth-order valence-corrected chi connectivity index (χ4v) is 3.97. The number of hydrogen-bond acceptors (Lipinski definition) is 2. The average Bonchev–Trinajstić information content (AvgIpc) is 3.28. The van der Waals surface area contributed by atoms with Gasteiger partial charge in [0.15, 0.2) is 0 Å². The highest BCUT2D eigenvalue weighted by atomic mass is 19.1. The lowest BCUT2D eigenvalue weighted by molar-refractivity contribution is 0.0698. The topological polar surface area (TPSA) is 66.4 Å². The molecule has 32 heavy (non-hydrogen) atoms. The number of nitrogens with one attached hydrogen (secondary N) is 2. The van der Waals surface area contributed by atoms with Crippen LogP contribution in [0.1, 0.15) is 28.9 Å². The number of carbonyl (C=O) groups excluding carboxylic acids is 2. The number of anilines is 1. The molecule has 4 rings (SSSR count). The highest BCUT2D eigenvalue weighted by Gasteiger charge is 2.26. The summed E-state index contributed by atoms with van der Waals surface area (Å²) in [6, 6.07) is 19.3. The zero-order valence-corrected chi connectivity index (χ0v) is 17.8. The van der Waals surface area contributed by atoms with E-state index in [-0.39, 0.29) is 23.8 Å². The van der Waals surface area contributed by atoms with Gasteiger partial charge < -0.3 is 20.1 Å². The van der Waals surface area contributed by atoms with Crippen molar-refractivity contribution in [3.05, 3.63) is 90.0 Å². The first-order valence-corrected chi connectivity index (χ1v) is 10.9. The van der Waals surface area contributed by atoms with Crippen LogP contribution in [-0.4, -0.2) is 40.5 Å². The number of carbonyl (C=O) groups is 2. The smallest absolute Gasteiger partial charge is 0.319 e. The van der Waals surface area contributed by atoms with Crippen molar-refractivity contribution in [3.8, 4) is 0 Å². The summed E-state index contributed by atoms with van der Waals surface area (Å²) in [5.74, 6) is -0.323. The first-order chi connectivity index (χ1) is 15.6. The molecule has 0 radical (unpaired) electrons. The van der Waals surface area contributed by atoms with Gasteiger partial charge >= 0.3 is 6.03 Å². The Morgan fingerprint density at radius 3 is 2.38 bits per heavy atom. The summed E-state index contributed by atoms with van der Waals surface area (Å²) >= 11 is 0. The monoisotopic (exact) mass is 434 g/mol. The highest BCUT2D eigenvalue weighted by molar-refractivity contribution is 5.93. The Labute approximate surface area is 187 Å². The quantitative estimate of drug-likeness (QED) is 0.608. The molecule has 7 heteroatoms. The minimum atomic E-state index is -0.348. The van der Waals surface area contributed by atoms with E-state index in [9.17, 15) is 14.0 Å². The molecule has 0 bridgehead atoms. The molecule has 166 valence electrons. The largest absolute Gasteiger partial charge is 0.343 e. The van der Waals surface area contributed by atoms with Gasteiger partial charge in [-0.2, -0.15) is 0 Å². The zero-order valence-electron chi connectivity index (χ0n) is 17.8. The normalized spacial score (nSPS) is 14.2. The fraction of sp³-hybridized carbons (Fsp3) is 0.280. The second-order valence-electron chi connectivity index (χ2n) is 7.99. The number of rotatable bonds is 6. The van der Waals surface area contributed by atoms with Crippen LogP contribution < -0.4 is 10.6 Å². The van der Waals surface area contributed by atoms with Gasteiger partial charge in [-0.1, -0.05) is 30.3 Å².